The van der Waals surface area contributed by atoms with E-state index in [1.165, 1.54) is 0 Å². The van der Waals surface area contributed by atoms with E-state index in [2.05, 4.69) is 10.3 Å². The summed E-state index contributed by atoms with van der Waals surface area (Å²) in [5.41, 5.74) is 0. The maximum atomic E-state index is 12.6. The van der Waals surface area contributed by atoms with Crippen LogP contribution < -0.4 is 5.32 Å². The summed E-state index contributed by atoms with van der Waals surface area (Å²) in [6.07, 6.45) is -0.411. The molecule has 0 bridgehead atoms. The molecular formula is C14H20F3N5O. The summed E-state index contributed by atoms with van der Waals surface area (Å²) in [6, 6.07) is -0.607. The minimum atomic E-state index is -4.35. The maximum absolute atomic E-state index is 12.6. The minimum Gasteiger partial charge on any atom is -0.337 e. The third-order valence-corrected chi connectivity index (χ3v) is 4.48. The van der Waals surface area contributed by atoms with Gasteiger partial charge in [0.2, 0.25) is 5.91 Å². The molecule has 3 heterocycles. The molecule has 6 nitrogen and oxygen atoms in total. The van der Waals surface area contributed by atoms with Crippen LogP contribution in [0.1, 0.15) is 18.3 Å². The normalized spacial score (nSPS) is 27.0. The zero-order chi connectivity index (χ0) is 16.6. The van der Waals surface area contributed by atoms with Crippen LogP contribution in [0.2, 0.25) is 0 Å². The van der Waals surface area contributed by atoms with Crippen molar-refractivity contribution >= 4 is 5.91 Å². The molecule has 2 aliphatic rings. The molecule has 1 aromatic rings. The van der Waals surface area contributed by atoms with E-state index >= 15 is 0 Å². The smallest absolute Gasteiger partial charge is 0.337 e. The minimum absolute atomic E-state index is 0.108. The van der Waals surface area contributed by atoms with E-state index in [0.717, 1.165) is 10.7 Å². The average Bonchev–Trinajstić information content (AvgIpc) is 3.05. The van der Waals surface area contributed by atoms with Crippen LogP contribution in [0.4, 0.5) is 13.2 Å². The number of nitrogens with zero attached hydrogens (tertiary/aromatic N) is 4. The van der Waals surface area contributed by atoms with Gasteiger partial charge in [-0.3, -0.25) is 9.69 Å². The highest BCUT2D eigenvalue weighted by Gasteiger charge is 2.44. The highest BCUT2D eigenvalue weighted by Crippen LogP contribution is 2.29. The van der Waals surface area contributed by atoms with Gasteiger partial charge in [-0.2, -0.15) is 13.2 Å². The summed E-state index contributed by atoms with van der Waals surface area (Å²) in [5.74, 6) is 0.391. The fraction of sp³-hybridized carbons (Fsp3) is 0.714. The quantitative estimate of drug-likeness (QED) is 0.878. The number of likely N-dealkylation sites (tertiary alicyclic amines) is 1. The molecule has 2 fully saturated rings. The van der Waals surface area contributed by atoms with Crippen LogP contribution in [0, 0.1) is 0 Å². The number of alkyl halides is 3. The number of carbonyl (C=O) groups excluding carboxylic acids is 1. The van der Waals surface area contributed by atoms with E-state index in [-0.39, 0.29) is 12.6 Å². The first-order valence-electron chi connectivity index (χ1n) is 7.66. The van der Waals surface area contributed by atoms with E-state index in [0.29, 0.717) is 26.1 Å². The largest absolute Gasteiger partial charge is 0.406 e. The van der Waals surface area contributed by atoms with Gasteiger partial charge in [-0.05, 0) is 6.42 Å². The van der Waals surface area contributed by atoms with Crippen LogP contribution in [-0.4, -0.2) is 70.2 Å². The molecule has 128 valence electrons. The van der Waals surface area contributed by atoms with Gasteiger partial charge in [-0.15, -0.1) is 0 Å². The van der Waals surface area contributed by atoms with Crippen molar-refractivity contribution in [1.29, 1.82) is 0 Å². The second-order valence-electron chi connectivity index (χ2n) is 6.03. The third kappa shape index (κ3) is 3.35. The van der Waals surface area contributed by atoms with Gasteiger partial charge in [-0.25, -0.2) is 4.98 Å². The first-order valence-corrected chi connectivity index (χ1v) is 7.66. The monoisotopic (exact) mass is 331 g/mol. The van der Waals surface area contributed by atoms with Crippen LogP contribution in [0.15, 0.2) is 12.4 Å². The molecule has 1 aromatic heterocycles. The molecule has 3 rings (SSSR count). The number of aromatic nitrogens is 2. The van der Waals surface area contributed by atoms with Crippen LogP contribution >= 0.6 is 0 Å². The van der Waals surface area contributed by atoms with Crippen molar-refractivity contribution in [3.8, 4) is 0 Å². The van der Waals surface area contributed by atoms with Crippen molar-refractivity contribution in [2.45, 2.75) is 24.7 Å². The Hall–Kier alpha value is -1.61. The van der Waals surface area contributed by atoms with Gasteiger partial charge in [0.15, 0.2) is 0 Å². The molecular weight excluding hydrogens is 311 g/mol. The molecule has 1 N–H and O–H groups in total. The van der Waals surface area contributed by atoms with Crippen molar-refractivity contribution in [2.75, 3.05) is 32.7 Å². The third-order valence-electron chi connectivity index (χ3n) is 4.48. The van der Waals surface area contributed by atoms with E-state index < -0.39 is 24.7 Å². The Bertz CT molecular complexity index is 573. The number of nitrogens with one attached hydrogen (secondary N) is 1. The van der Waals surface area contributed by atoms with Gasteiger partial charge in [-0.1, -0.05) is 0 Å². The topological polar surface area (TPSA) is 53.4 Å². The van der Waals surface area contributed by atoms with Crippen molar-refractivity contribution in [3.63, 3.8) is 0 Å². The Kier molecular flexibility index (Phi) is 4.33. The summed E-state index contributed by atoms with van der Waals surface area (Å²) in [7, 11) is 1.88. The predicted octanol–water partition coefficient (Wildman–Crippen LogP) is 0.530. The van der Waals surface area contributed by atoms with Crippen LogP contribution in [0.5, 0.6) is 0 Å². The number of rotatable bonds is 3. The predicted molar refractivity (Wildman–Crippen MR) is 76.6 cm³/mol. The van der Waals surface area contributed by atoms with Gasteiger partial charge in [0.1, 0.15) is 12.4 Å². The summed E-state index contributed by atoms with van der Waals surface area (Å²) in [5, 5.41) is 3.27. The Labute approximate surface area is 132 Å². The Balaban J connectivity index is 1.77. The first-order chi connectivity index (χ1) is 10.9. The molecule has 0 aromatic carbocycles. The Morgan fingerprint density at radius 1 is 1.35 bits per heavy atom. The van der Waals surface area contributed by atoms with E-state index in [1.807, 2.05) is 22.7 Å². The average molecular weight is 331 g/mol. The summed E-state index contributed by atoms with van der Waals surface area (Å²) >= 11 is 0. The molecule has 1 amide bonds. The first kappa shape index (κ1) is 16.3. The number of halogens is 3. The fourth-order valence-electron chi connectivity index (χ4n) is 3.43. The number of piperazine rings is 1. The molecule has 2 aliphatic heterocycles. The van der Waals surface area contributed by atoms with Crippen molar-refractivity contribution < 1.29 is 18.0 Å². The lowest BCUT2D eigenvalue weighted by atomic mass is 10.1. The van der Waals surface area contributed by atoms with Crippen LogP contribution in [-0.2, 0) is 11.8 Å². The Morgan fingerprint density at radius 2 is 2.13 bits per heavy atom. The molecule has 0 spiro atoms. The SMILES string of the molecule is Cn1ccnc1C1CNCCN1C1CCN(CC(F)(F)F)C1=O. The molecule has 23 heavy (non-hydrogen) atoms. The van der Waals surface area contributed by atoms with Crippen LogP contribution in [0.25, 0.3) is 0 Å². The van der Waals surface area contributed by atoms with Crippen LogP contribution in [0.3, 0.4) is 0 Å². The lowest BCUT2D eigenvalue weighted by Crippen LogP contribution is -2.53. The number of aryl methyl sites for hydroxylation is 1. The van der Waals surface area contributed by atoms with Gasteiger partial charge >= 0.3 is 6.18 Å². The van der Waals surface area contributed by atoms with E-state index in [1.54, 1.807) is 6.20 Å². The number of carbonyl (C=O) groups is 1. The lowest BCUT2D eigenvalue weighted by molar-refractivity contribution is -0.159. The molecule has 2 unspecified atom stereocenters. The number of imidazole rings is 1. The van der Waals surface area contributed by atoms with Crippen molar-refractivity contribution in [1.82, 2.24) is 24.7 Å². The molecule has 2 atom stereocenters. The van der Waals surface area contributed by atoms with Gasteiger partial charge < -0.3 is 14.8 Å². The highest BCUT2D eigenvalue weighted by atomic mass is 19.4. The number of hydrogen-bond donors (Lipinski definition) is 1. The second-order valence-corrected chi connectivity index (χ2v) is 6.03. The summed E-state index contributed by atoms with van der Waals surface area (Å²) < 4.78 is 39.6. The zero-order valence-electron chi connectivity index (χ0n) is 12.9. The lowest BCUT2D eigenvalue weighted by Gasteiger charge is -2.38. The van der Waals surface area contributed by atoms with E-state index in [4.69, 9.17) is 0 Å². The summed E-state index contributed by atoms with van der Waals surface area (Å²) in [4.78, 5) is 19.7. The van der Waals surface area contributed by atoms with Gasteiger partial charge in [0.25, 0.3) is 0 Å². The zero-order valence-corrected chi connectivity index (χ0v) is 12.9. The molecule has 2 saturated heterocycles. The summed E-state index contributed by atoms with van der Waals surface area (Å²) in [6.45, 7) is 0.952. The molecule has 0 aliphatic carbocycles. The van der Waals surface area contributed by atoms with Gasteiger partial charge in [0.05, 0.1) is 12.1 Å². The standard InChI is InChI=1S/C14H20F3N5O/c1-20-6-4-19-12(20)11-8-18-3-7-22(11)10-2-5-21(13(10)23)9-14(15,16)17/h4,6,10-11,18H,2-3,5,7-9H2,1H3. The second kappa shape index (κ2) is 6.12. The molecule has 0 saturated carbocycles. The Morgan fingerprint density at radius 3 is 2.78 bits per heavy atom. The molecule has 9 heteroatoms. The van der Waals surface area contributed by atoms with Crippen molar-refractivity contribution in [2.24, 2.45) is 7.05 Å². The number of amides is 1. The number of hydrogen-bond acceptors (Lipinski definition) is 4. The molecule has 0 radical (unpaired) electrons. The highest BCUT2D eigenvalue weighted by molar-refractivity contribution is 5.84. The van der Waals surface area contributed by atoms with Gasteiger partial charge in [0, 0.05) is 45.6 Å². The van der Waals surface area contributed by atoms with E-state index in [9.17, 15) is 18.0 Å². The maximum Gasteiger partial charge on any atom is 0.406 e. The van der Waals surface area contributed by atoms with Crippen molar-refractivity contribution in [3.05, 3.63) is 18.2 Å². The fourth-order valence-corrected chi connectivity index (χ4v) is 3.43.